The highest BCUT2D eigenvalue weighted by Crippen LogP contribution is 2.07. The number of allylic oxidation sites excluding steroid dienone is 2. The van der Waals surface area contributed by atoms with Gasteiger partial charge in [-0.15, -0.1) is 13.2 Å². The highest BCUT2D eigenvalue weighted by molar-refractivity contribution is 5.78. The monoisotopic (exact) mass is 166 g/mol. The van der Waals surface area contributed by atoms with Crippen LogP contribution in [0.1, 0.15) is 39.5 Å². The molecule has 0 aromatic rings. The zero-order chi connectivity index (χ0) is 9.56. The molecule has 0 aliphatic rings. The Labute approximate surface area is 75.2 Å². The quantitative estimate of drug-likeness (QED) is 0.553. The van der Waals surface area contributed by atoms with Crippen LogP contribution in [0, 0.1) is 0 Å². The van der Waals surface area contributed by atoms with E-state index in [1.165, 1.54) is 0 Å². The summed E-state index contributed by atoms with van der Waals surface area (Å²) in [6, 6.07) is 0. The highest BCUT2D eigenvalue weighted by atomic mass is 16.1. The third kappa shape index (κ3) is 7.26. The van der Waals surface area contributed by atoms with E-state index in [1.54, 1.807) is 0 Å². The second-order valence-corrected chi connectivity index (χ2v) is 3.45. The number of hydrogen-bond acceptors (Lipinski definition) is 1. The van der Waals surface area contributed by atoms with Crippen molar-refractivity contribution in [1.29, 1.82) is 0 Å². The number of carbonyl (C=O) groups is 1. The van der Waals surface area contributed by atoms with Crippen LogP contribution in [-0.2, 0) is 4.79 Å². The van der Waals surface area contributed by atoms with Crippen LogP contribution in [0.3, 0.4) is 0 Å². The smallest absolute Gasteiger partial charge is 0.133 e. The SMILES string of the molecule is C=C(C)CCC(=O)CCC(=C)C. The molecule has 0 aromatic heterocycles. The van der Waals surface area contributed by atoms with Crippen LogP contribution in [-0.4, -0.2) is 5.78 Å². The molecule has 0 atom stereocenters. The fourth-order valence-electron chi connectivity index (χ4n) is 0.831. The molecule has 0 rings (SSSR count). The molecule has 0 saturated carbocycles. The van der Waals surface area contributed by atoms with Crippen molar-refractivity contribution in [3.8, 4) is 0 Å². The lowest BCUT2D eigenvalue weighted by atomic mass is 10.1. The fourth-order valence-corrected chi connectivity index (χ4v) is 0.831. The molecule has 12 heavy (non-hydrogen) atoms. The normalized spacial score (nSPS) is 9.50. The van der Waals surface area contributed by atoms with Gasteiger partial charge in [0.15, 0.2) is 0 Å². The molecule has 0 amide bonds. The Balaban J connectivity index is 3.47. The molecule has 0 unspecified atom stereocenters. The Morgan fingerprint density at radius 2 is 1.25 bits per heavy atom. The number of hydrogen-bond donors (Lipinski definition) is 0. The Morgan fingerprint density at radius 3 is 1.50 bits per heavy atom. The summed E-state index contributed by atoms with van der Waals surface area (Å²) in [4.78, 5) is 11.2. The minimum absolute atomic E-state index is 0.320. The van der Waals surface area contributed by atoms with Crippen molar-refractivity contribution in [3.63, 3.8) is 0 Å². The van der Waals surface area contributed by atoms with E-state index in [-0.39, 0.29) is 0 Å². The summed E-state index contributed by atoms with van der Waals surface area (Å²) >= 11 is 0. The van der Waals surface area contributed by atoms with Crippen LogP contribution in [0.4, 0.5) is 0 Å². The van der Waals surface area contributed by atoms with E-state index in [2.05, 4.69) is 13.2 Å². The first-order chi connectivity index (χ1) is 5.52. The van der Waals surface area contributed by atoms with Gasteiger partial charge in [-0.05, 0) is 26.7 Å². The fraction of sp³-hybridized carbons (Fsp3) is 0.545. The standard InChI is InChI=1S/C11H18O/c1-9(2)5-7-11(12)8-6-10(3)4/h1,3,5-8H2,2,4H3. The van der Waals surface area contributed by atoms with Gasteiger partial charge in [-0.3, -0.25) is 4.79 Å². The zero-order valence-corrected chi connectivity index (χ0v) is 8.15. The molecule has 0 aliphatic heterocycles. The first-order valence-electron chi connectivity index (χ1n) is 4.33. The lowest BCUT2D eigenvalue weighted by molar-refractivity contribution is -0.119. The molecule has 0 saturated heterocycles. The second-order valence-electron chi connectivity index (χ2n) is 3.45. The largest absolute Gasteiger partial charge is 0.300 e. The second kappa shape index (κ2) is 5.76. The summed E-state index contributed by atoms with van der Waals surface area (Å²) in [5, 5.41) is 0. The van der Waals surface area contributed by atoms with Crippen LogP contribution in [0.5, 0.6) is 0 Å². The summed E-state index contributed by atoms with van der Waals surface area (Å²) < 4.78 is 0. The van der Waals surface area contributed by atoms with Gasteiger partial charge in [0.25, 0.3) is 0 Å². The number of carbonyl (C=O) groups excluding carboxylic acids is 1. The van der Waals surface area contributed by atoms with Gasteiger partial charge in [-0.2, -0.15) is 0 Å². The van der Waals surface area contributed by atoms with Crippen LogP contribution in [0.15, 0.2) is 24.3 Å². The van der Waals surface area contributed by atoms with Crippen molar-refractivity contribution in [2.24, 2.45) is 0 Å². The minimum atomic E-state index is 0.320. The molecule has 0 aromatic carbocycles. The van der Waals surface area contributed by atoms with Gasteiger partial charge in [-0.1, -0.05) is 11.1 Å². The van der Waals surface area contributed by atoms with Crippen molar-refractivity contribution in [1.82, 2.24) is 0 Å². The van der Waals surface area contributed by atoms with E-state index < -0.39 is 0 Å². The predicted molar refractivity (Wildman–Crippen MR) is 53.1 cm³/mol. The molecule has 0 N–H and O–H groups in total. The Hall–Kier alpha value is -0.850. The topological polar surface area (TPSA) is 17.1 Å². The number of ketones is 1. The first kappa shape index (κ1) is 11.2. The molecule has 0 spiro atoms. The summed E-state index contributed by atoms with van der Waals surface area (Å²) in [6.45, 7) is 11.4. The molecule has 0 aliphatic carbocycles. The van der Waals surface area contributed by atoms with Gasteiger partial charge in [0.1, 0.15) is 5.78 Å². The average Bonchev–Trinajstić information content (AvgIpc) is 1.96. The summed E-state index contributed by atoms with van der Waals surface area (Å²) in [7, 11) is 0. The van der Waals surface area contributed by atoms with Gasteiger partial charge in [0.05, 0.1) is 0 Å². The third-order valence-corrected chi connectivity index (χ3v) is 1.66. The summed E-state index contributed by atoms with van der Waals surface area (Å²) in [5.74, 6) is 0.320. The lowest BCUT2D eigenvalue weighted by Crippen LogP contribution is -1.97. The highest BCUT2D eigenvalue weighted by Gasteiger charge is 2.01. The van der Waals surface area contributed by atoms with Crippen LogP contribution < -0.4 is 0 Å². The number of Topliss-reactive ketones (excluding diaryl/α,β-unsaturated/α-hetero) is 1. The molecule has 68 valence electrons. The molecular formula is C11H18O. The average molecular weight is 166 g/mol. The van der Waals surface area contributed by atoms with E-state index in [0.717, 1.165) is 24.0 Å². The van der Waals surface area contributed by atoms with E-state index in [9.17, 15) is 4.79 Å². The summed E-state index contributed by atoms with van der Waals surface area (Å²) in [6.07, 6.45) is 2.94. The van der Waals surface area contributed by atoms with Crippen molar-refractivity contribution in [2.45, 2.75) is 39.5 Å². The maximum Gasteiger partial charge on any atom is 0.133 e. The van der Waals surface area contributed by atoms with Crippen LogP contribution in [0.2, 0.25) is 0 Å². The molecule has 0 bridgehead atoms. The lowest BCUT2D eigenvalue weighted by Gasteiger charge is -1.99. The summed E-state index contributed by atoms with van der Waals surface area (Å²) in [5.41, 5.74) is 2.16. The van der Waals surface area contributed by atoms with E-state index in [0.29, 0.717) is 18.6 Å². The van der Waals surface area contributed by atoms with E-state index in [1.807, 2.05) is 13.8 Å². The Bertz CT molecular complexity index is 169. The third-order valence-electron chi connectivity index (χ3n) is 1.66. The van der Waals surface area contributed by atoms with Gasteiger partial charge in [-0.25, -0.2) is 0 Å². The Morgan fingerprint density at radius 1 is 0.917 bits per heavy atom. The number of rotatable bonds is 6. The van der Waals surface area contributed by atoms with Gasteiger partial charge in [0, 0.05) is 12.8 Å². The van der Waals surface area contributed by atoms with Gasteiger partial charge < -0.3 is 0 Å². The molecule has 1 nitrogen and oxygen atoms in total. The van der Waals surface area contributed by atoms with Gasteiger partial charge >= 0.3 is 0 Å². The molecule has 0 fully saturated rings. The van der Waals surface area contributed by atoms with Crippen LogP contribution >= 0.6 is 0 Å². The molecular weight excluding hydrogens is 148 g/mol. The van der Waals surface area contributed by atoms with Crippen molar-refractivity contribution in [3.05, 3.63) is 24.3 Å². The predicted octanol–water partition coefficient (Wildman–Crippen LogP) is 3.27. The maximum atomic E-state index is 11.2. The van der Waals surface area contributed by atoms with Gasteiger partial charge in [0.2, 0.25) is 0 Å². The molecule has 0 heterocycles. The Kier molecular flexibility index (Phi) is 5.35. The minimum Gasteiger partial charge on any atom is -0.300 e. The van der Waals surface area contributed by atoms with Crippen LogP contribution in [0.25, 0.3) is 0 Å². The first-order valence-corrected chi connectivity index (χ1v) is 4.33. The van der Waals surface area contributed by atoms with Crippen molar-refractivity contribution < 1.29 is 4.79 Å². The van der Waals surface area contributed by atoms with E-state index in [4.69, 9.17) is 0 Å². The molecule has 1 heteroatoms. The van der Waals surface area contributed by atoms with Crippen molar-refractivity contribution >= 4 is 5.78 Å². The maximum absolute atomic E-state index is 11.2. The van der Waals surface area contributed by atoms with E-state index >= 15 is 0 Å². The zero-order valence-electron chi connectivity index (χ0n) is 8.15. The molecule has 0 radical (unpaired) electrons. The van der Waals surface area contributed by atoms with Crippen molar-refractivity contribution in [2.75, 3.05) is 0 Å².